The van der Waals surface area contributed by atoms with Crippen LogP contribution in [-0.2, 0) is 21.2 Å². The molecule has 2 N–H and O–H groups in total. The Kier molecular flexibility index (Phi) is 5.07. The molecule has 1 unspecified atom stereocenters. The van der Waals surface area contributed by atoms with E-state index >= 15 is 0 Å². The number of nitrogens with one attached hydrogen (secondary N) is 2. The topological polar surface area (TPSA) is 95.2 Å². The van der Waals surface area contributed by atoms with Crippen molar-refractivity contribution in [3.05, 3.63) is 12.0 Å². The Bertz CT molecular complexity index is 538. The lowest BCUT2D eigenvalue weighted by Gasteiger charge is -2.19. The van der Waals surface area contributed by atoms with Crippen LogP contribution in [0.2, 0.25) is 0 Å². The SMILES string of the molecule is CCc1ncc(S(=O)(=O)N(C)CC(C)C(=O)NC)[nH]1. The molecule has 0 fully saturated rings. The first-order valence-electron chi connectivity index (χ1n) is 6.04. The van der Waals surface area contributed by atoms with Crippen molar-refractivity contribution in [2.45, 2.75) is 25.3 Å². The van der Waals surface area contributed by atoms with Gasteiger partial charge in [-0.1, -0.05) is 13.8 Å². The van der Waals surface area contributed by atoms with Crippen LogP contribution < -0.4 is 5.32 Å². The van der Waals surface area contributed by atoms with Crippen molar-refractivity contribution >= 4 is 15.9 Å². The Morgan fingerprint density at radius 3 is 2.68 bits per heavy atom. The summed E-state index contributed by atoms with van der Waals surface area (Å²) in [6.45, 7) is 3.67. The zero-order valence-corrected chi connectivity index (χ0v) is 12.4. The van der Waals surface area contributed by atoms with E-state index in [1.54, 1.807) is 6.92 Å². The second kappa shape index (κ2) is 6.16. The number of H-pyrrole nitrogens is 1. The van der Waals surface area contributed by atoms with E-state index in [1.807, 2.05) is 6.92 Å². The summed E-state index contributed by atoms with van der Waals surface area (Å²) in [4.78, 5) is 18.1. The quantitative estimate of drug-likeness (QED) is 0.768. The van der Waals surface area contributed by atoms with E-state index in [2.05, 4.69) is 15.3 Å². The predicted octanol–water partition coefficient (Wildman–Crippen LogP) is -0.0253. The lowest BCUT2D eigenvalue weighted by Crippen LogP contribution is -2.37. The highest BCUT2D eigenvalue weighted by atomic mass is 32.2. The van der Waals surface area contributed by atoms with Gasteiger partial charge in [-0.2, -0.15) is 4.31 Å². The first-order valence-corrected chi connectivity index (χ1v) is 7.48. The maximum Gasteiger partial charge on any atom is 0.259 e. The Morgan fingerprint density at radius 2 is 2.21 bits per heavy atom. The molecule has 1 amide bonds. The molecule has 0 saturated heterocycles. The van der Waals surface area contributed by atoms with E-state index in [9.17, 15) is 13.2 Å². The number of sulfonamides is 1. The van der Waals surface area contributed by atoms with Crippen molar-refractivity contribution in [1.29, 1.82) is 0 Å². The highest BCUT2D eigenvalue weighted by Gasteiger charge is 2.26. The van der Waals surface area contributed by atoms with Crippen LogP contribution >= 0.6 is 0 Å². The number of hydrogen-bond donors (Lipinski definition) is 2. The van der Waals surface area contributed by atoms with Crippen LogP contribution in [-0.4, -0.2) is 49.2 Å². The van der Waals surface area contributed by atoms with Crippen LogP contribution in [0.15, 0.2) is 11.2 Å². The average Bonchev–Trinajstić information content (AvgIpc) is 2.86. The van der Waals surface area contributed by atoms with Gasteiger partial charge in [0.2, 0.25) is 5.91 Å². The minimum Gasteiger partial charge on any atom is -0.359 e. The van der Waals surface area contributed by atoms with Crippen LogP contribution in [0.5, 0.6) is 0 Å². The molecule has 108 valence electrons. The predicted molar refractivity (Wildman–Crippen MR) is 71.0 cm³/mol. The molecule has 0 aromatic carbocycles. The summed E-state index contributed by atoms with van der Waals surface area (Å²) in [6.07, 6.45) is 1.93. The van der Waals surface area contributed by atoms with E-state index in [0.717, 1.165) is 4.31 Å². The average molecular weight is 288 g/mol. The second-order valence-electron chi connectivity index (χ2n) is 4.35. The summed E-state index contributed by atoms with van der Waals surface area (Å²) in [7, 11) is -0.661. The molecule has 0 bridgehead atoms. The number of carbonyl (C=O) groups excluding carboxylic acids is 1. The van der Waals surface area contributed by atoms with Crippen LogP contribution in [0.4, 0.5) is 0 Å². The molecule has 0 radical (unpaired) electrons. The Morgan fingerprint density at radius 1 is 1.58 bits per heavy atom. The first kappa shape index (κ1) is 15.6. The maximum absolute atomic E-state index is 12.2. The minimum absolute atomic E-state index is 0.0518. The van der Waals surface area contributed by atoms with Gasteiger partial charge in [0, 0.05) is 33.0 Å². The van der Waals surface area contributed by atoms with Crippen LogP contribution in [0.3, 0.4) is 0 Å². The second-order valence-corrected chi connectivity index (χ2v) is 6.36. The van der Waals surface area contributed by atoms with E-state index < -0.39 is 15.9 Å². The smallest absolute Gasteiger partial charge is 0.259 e. The molecule has 1 aromatic rings. The van der Waals surface area contributed by atoms with Gasteiger partial charge < -0.3 is 10.3 Å². The number of amides is 1. The number of carbonyl (C=O) groups is 1. The summed E-state index contributed by atoms with van der Waals surface area (Å²) in [5.74, 6) is 0.00516. The molecule has 1 aromatic heterocycles. The molecule has 19 heavy (non-hydrogen) atoms. The van der Waals surface area contributed by atoms with E-state index in [4.69, 9.17) is 0 Å². The fourth-order valence-corrected chi connectivity index (χ4v) is 2.82. The molecular weight excluding hydrogens is 268 g/mol. The van der Waals surface area contributed by atoms with Gasteiger partial charge in [0.1, 0.15) is 5.82 Å². The maximum atomic E-state index is 12.2. The number of aromatic amines is 1. The van der Waals surface area contributed by atoms with Crippen LogP contribution in [0, 0.1) is 5.92 Å². The first-order chi connectivity index (χ1) is 8.82. The molecule has 1 atom stereocenters. The van der Waals surface area contributed by atoms with Crippen molar-refractivity contribution in [3.63, 3.8) is 0 Å². The Balaban J connectivity index is 2.85. The molecule has 0 aliphatic rings. The van der Waals surface area contributed by atoms with Gasteiger partial charge in [-0.25, -0.2) is 13.4 Å². The minimum atomic E-state index is -3.63. The van der Waals surface area contributed by atoms with Crippen molar-refractivity contribution in [2.75, 3.05) is 20.6 Å². The largest absolute Gasteiger partial charge is 0.359 e. The van der Waals surface area contributed by atoms with Crippen LogP contribution in [0.1, 0.15) is 19.7 Å². The van der Waals surface area contributed by atoms with Gasteiger partial charge in [-0.3, -0.25) is 4.79 Å². The number of rotatable bonds is 6. The van der Waals surface area contributed by atoms with E-state index in [1.165, 1.54) is 20.3 Å². The molecule has 0 aliphatic carbocycles. The molecular formula is C11H20N4O3S. The summed E-state index contributed by atoms with van der Waals surface area (Å²) >= 11 is 0. The molecule has 7 nitrogen and oxygen atoms in total. The van der Waals surface area contributed by atoms with Gasteiger partial charge in [0.25, 0.3) is 10.0 Å². The van der Waals surface area contributed by atoms with Crippen molar-refractivity contribution in [3.8, 4) is 0 Å². The third-order valence-electron chi connectivity index (χ3n) is 2.85. The molecule has 1 rings (SSSR count). The number of hydrogen-bond acceptors (Lipinski definition) is 4. The molecule has 0 spiro atoms. The lowest BCUT2D eigenvalue weighted by molar-refractivity contribution is -0.124. The molecule has 1 heterocycles. The fraction of sp³-hybridized carbons (Fsp3) is 0.636. The number of imidazole rings is 1. The number of aromatic nitrogens is 2. The van der Waals surface area contributed by atoms with Crippen molar-refractivity contribution < 1.29 is 13.2 Å². The van der Waals surface area contributed by atoms with Crippen LogP contribution in [0.25, 0.3) is 0 Å². The van der Waals surface area contributed by atoms with E-state index in [-0.39, 0.29) is 17.5 Å². The third-order valence-corrected chi connectivity index (χ3v) is 4.59. The summed E-state index contributed by atoms with van der Waals surface area (Å²) in [5, 5.41) is 2.55. The zero-order chi connectivity index (χ0) is 14.6. The number of aryl methyl sites for hydroxylation is 1. The molecule has 8 heteroatoms. The molecule has 0 aliphatic heterocycles. The van der Waals surface area contributed by atoms with Gasteiger partial charge in [0.05, 0.1) is 6.20 Å². The van der Waals surface area contributed by atoms with Gasteiger partial charge in [0.15, 0.2) is 5.03 Å². The highest BCUT2D eigenvalue weighted by molar-refractivity contribution is 7.89. The van der Waals surface area contributed by atoms with Gasteiger partial charge >= 0.3 is 0 Å². The summed E-state index contributed by atoms with van der Waals surface area (Å²) < 4.78 is 25.6. The normalized spacial score (nSPS) is 13.5. The third kappa shape index (κ3) is 3.54. The lowest BCUT2D eigenvalue weighted by atomic mass is 10.2. The van der Waals surface area contributed by atoms with Crippen molar-refractivity contribution in [2.24, 2.45) is 5.92 Å². The Labute approximate surface area is 113 Å². The highest BCUT2D eigenvalue weighted by Crippen LogP contribution is 2.13. The van der Waals surface area contributed by atoms with E-state index in [0.29, 0.717) is 12.2 Å². The van der Waals surface area contributed by atoms with Crippen molar-refractivity contribution in [1.82, 2.24) is 19.6 Å². The number of nitrogens with zero attached hydrogens (tertiary/aromatic N) is 2. The standard InChI is InChI=1S/C11H20N4O3S/c1-5-9-13-6-10(14-9)19(17,18)15(4)7-8(2)11(16)12-3/h6,8H,5,7H2,1-4H3,(H,12,16)(H,13,14). The van der Waals surface area contributed by atoms with Gasteiger partial charge in [-0.05, 0) is 0 Å². The van der Waals surface area contributed by atoms with Gasteiger partial charge in [-0.15, -0.1) is 0 Å². The summed E-state index contributed by atoms with van der Waals surface area (Å²) in [6, 6.07) is 0. The Hall–Kier alpha value is -1.41. The monoisotopic (exact) mass is 288 g/mol. The summed E-state index contributed by atoms with van der Waals surface area (Å²) in [5.41, 5.74) is 0. The fourth-order valence-electron chi connectivity index (χ4n) is 1.64. The molecule has 0 saturated carbocycles. The zero-order valence-electron chi connectivity index (χ0n) is 11.6.